The van der Waals surface area contributed by atoms with E-state index in [9.17, 15) is 0 Å². The van der Waals surface area contributed by atoms with Crippen molar-refractivity contribution in [2.75, 3.05) is 19.6 Å². The third-order valence-electron chi connectivity index (χ3n) is 4.22. The number of hydrogen-bond acceptors (Lipinski definition) is 2. The minimum atomic E-state index is 0.492. The molecule has 0 saturated carbocycles. The smallest absolute Gasteiger partial charge is 0.169 e. The highest BCUT2D eigenvalue weighted by molar-refractivity contribution is 7.80. The van der Waals surface area contributed by atoms with Crippen LogP contribution in [0.1, 0.15) is 30.1 Å². The molecule has 2 heterocycles. The first-order valence-corrected chi connectivity index (χ1v) is 8.18. The summed E-state index contributed by atoms with van der Waals surface area (Å²) < 4.78 is 0. The first kappa shape index (κ1) is 15.0. The van der Waals surface area contributed by atoms with Gasteiger partial charge in [-0.25, -0.2) is 4.98 Å². The summed E-state index contributed by atoms with van der Waals surface area (Å²) in [6.07, 6.45) is 3.98. The highest BCUT2D eigenvalue weighted by Gasteiger charge is 2.24. The molecule has 0 atom stereocenters. The van der Waals surface area contributed by atoms with Gasteiger partial charge in [0.2, 0.25) is 0 Å². The standard InChI is InChI=1S/C17H22N4S/c1-3-8-18-17(22)21-9-6-13(7-10-21)16-19-14-5-4-12(2)11-15(14)20-16/h3-5,11,13H,1,6-10H2,2H3,(H,18,22)(H,19,20). The molecule has 0 unspecified atom stereocenters. The number of aryl methyl sites for hydroxylation is 1. The van der Waals surface area contributed by atoms with Gasteiger partial charge in [0.25, 0.3) is 0 Å². The zero-order valence-corrected chi connectivity index (χ0v) is 13.7. The van der Waals surface area contributed by atoms with Gasteiger partial charge in [0, 0.05) is 25.6 Å². The fourth-order valence-corrected chi connectivity index (χ4v) is 3.23. The lowest BCUT2D eigenvalue weighted by molar-refractivity contribution is 0.305. The van der Waals surface area contributed by atoms with Gasteiger partial charge in [-0.3, -0.25) is 0 Å². The summed E-state index contributed by atoms with van der Waals surface area (Å²) in [5, 5.41) is 4.03. The van der Waals surface area contributed by atoms with Gasteiger partial charge in [-0.05, 0) is 49.7 Å². The number of aromatic nitrogens is 2. The maximum atomic E-state index is 5.41. The highest BCUT2D eigenvalue weighted by Crippen LogP contribution is 2.28. The van der Waals surface area contributed by atoms with Crippen molar-refractivity contribution in [3.63, 3.8) is 0 Å². The average molecular weight is 314 g/mol. The molecule has 0 bridgehead atoms. The van der Waals surface area contributed by atoms with E-state index in [2.05, 4.69) is 46.9 Å². The van der Waals surface area contributed by atoms with Crippen LogP contribution >= 0.6 is 12.2 Å². The van der Waals surface area contributed by atoms with Gasteiger partial charge in [0.1, 0.15) is 5.82 Å². The molecular weight excluding hydrogens is 292 g/mol. The van der Waals surface area contributed by atoms with Gasteiger partial charge in [-0.1, -0.05) is 12.1 Å². The first-order chi connectivity index (χ1) is 10.7. The predicted molar refractivity (Wildman–Crippen MR) is 95.2 cm³/mol. The van der Waals surface area contributed by atoms with E-state index in [1.807, 2.05) is 6.08 Å². The van der Waals surface area contributed by atoms with Gasteiger partial charge in [0.05, 0.1) is 11.0 Å². The number of fused-ring (bicyclic) bond motifs is 1. The van der Waals surface area contributed by atoms with E-state index in [0.717, 1.165) is 54.4 Å². The largest absolute Gasteiger partial charge is 0.359 e. The SMILES string of the molecule is C=CCNC(=S)N1CCC(c2nc3ccc(C)cc3[nH]2)CC1. The van der Waals surface area contributed by atoms with Gasteiger partial charge >= 0.3 is 0 Å². The van der Waals surface area contributed by atoms with Crippen molar-refractivity contribution < 1.29 is 0 Å². The maximum Gasteiger partial charge on any atom is 0.169 e. The van der Waals surface area contributed by atoms with Crippen LogP contribution in [0.15, 0.2) is 30.9 Å². The van der Waals surface area contributed by atoms with E-state index in [4.69, 9.17) is 17.2 Å². The molecule has 5 heteroatoms. The Morgan fingerprint density at radius 2 is 2.27 bits per heavy atom. The Bertz CT molecular complexity index is 683. The third kappa shape index (κ3) is 3.14. The minimum absolute atomic E-state index is 0.492. The van der Waals surface area contributed by atoms with Gasteiger partial charge in [-0.15, -0.1) is 6.58 Å². The number of nitrogens with zero attached hydrogens (tertiary/aromatic N) is 2. The monoisotopic (exact) mass is 314 g/mol. The van der Waals surface area contributed by atoms with Gasteiger partial charge < -0.3 is 15.2 Å². The summed E-state index contributed by atoms with van der Waals surface area (Å²) in [6, 6.07) is 6.36. The number of likely N-dealkylation sites (tertiary alicyclic amines) is 1. The molecule has 0 spiro atoms. The number of nitrogens with one attached hydrogen (secondary N) is 2. The molecule has 1 aliphatic rings. The summed E-state index contributed by atoms with van der Waals surface area (Å²) in [4.78, 5) is 10.5. The number of H-pyrrole nitrogens is 1. The topological polar surface area (TPSA) is 44.0 Å². The van der Waals surface area contributed by atoms with Gasteiger partial charge in [0.15, 0.2) is 5.11 Å². The van der Waals surface area contributed by atoms with E-state index in [0.29, 0.717) is 5.92 Å². The van der Waals surface area contributed by atoms with Crippen molar-refractivity contribution in [3.8, 4) is 0 Å². The van der Waals surface area contributed by atoms with Gasteiger partial charge in [-0.2, -0.15) is 0 Å². The number of thiocarbonyl (C=S) groups is 1. The zero-order chi connectivity index (χ0) is 15.5. The summed E-state index contributed by atoms with van der Waals surface area (Å²) in [5.41, 5.74) is 3.46. The van der Waals surface area contributed by atoms with Crippen molar-refractivity contribution in [1.82, 2.24) is 20.2 Å². The van der Waals surface area contributed by atoms with Crippen LogP contribution in [0.3, 0.4) is 0 Å². The van der Waals surface area contributed by atoms with Crippen LogP contribution in [0.25, 0.3) is 11.0 Å². The Balaban J connectivity index is 1.65. The highest BCUT2D eigenvalue weighted by atomic mass is 32.1. The number of imidazole rings is 1. The molecule has 1 saturated heterocycles. The molecule has 1 aliphatic heterocycles. The Morgan fingerprint density at radius 1 is 1.50 bits per heavy atom. The normalized spacial score (nSPS) is 16.0. The van der Waals surface area contributed by atoms with Crippen molar-refractivity contribution in [2.45, 2.75) is 25.7 Å². The summed E-state index contributed by atoms with van der Waals surface area (Å²) >= 11 is 5.41. The fourth-order valence-electron chi connectivity index (χ4n) is 2.96. The molecule has 1 aromatic carbocycles. The van der Waals surface area contributed by atoms with E-state index in [-0.39, 0.29) is 0 Å². The molecular formula is C17H22N4S. The molecule has 116 valence electrons. The molecule has 1 fully saturated rings. The van der Waals surface area contributed by atoms with Crippen LogP contribution in [-0.2, 0) is 0 Å². The summed E-state index contributed by atoms with van der Waals surface area (Å²) in [5.74, 6) is 1.61. The number of hydrogen-bond donors (Lipinski definition) is 2. The number of rotatable bonds is 3. The van der Waals surface area contributed by atoms with Crippen LogP contribution in [0, 0.1) is 6.92 Å². The van der Waals surface area contributed by atoms with E-state index < -0.39 is 0 Å². The Labute approximate surface area is 136 Å². The van der Waals surface area contributed by atoms with Crippen molar-refractivity contribution in [2.24, 2.45) is 0 Å². The lowest BCUT2D eigenvalue weighted by Crippen LogP contribution is -2.44. The number of benzene rings is 1. The van der Waals surface area contributed by atoms with Crippen LogP contribution in [0.4, 0.5) is 0 Å². The van der Waals surface area contributed by atoms with E-state index >= 15 is 0 Å². The second kappa shape index (κ2) is 6.48. The molecule has 3 rings (SSSR count). The maximum absolute atomic E-state index is 5.41. The molecule has 2 N–H and O–H groups in total. The Morgan fingerprint density at radius 3 is 3.00 bits per heavy atom. The Hall–Kier alpha value is -1.88. The quantitative estimate of drug-likeness (QED) is 0.675. The second-order valence-electron chi connectivity index (χ2n) is 5.88. The molecule has 1 aromatic heterocycles. The van der Waals surface area contributed by atoms with Crippen molar-refractivity contribution >= 4 is 28.4 Å². The Kier molecular flexibility index (Phi) is 4.43. The molecule has 0 aliphatic carbocycles. The van der Waals surface area contributed by atoms with Crippen LogP contribution in [-0.4, -0.2) is 39.6 Å². The molecule has 0 amide bonds. The van der Waals surface area contributed by atoms with Crippen molar-refractivity contribution in [3.05, 3.63) is 42.2 Å². The molecule has 22 heavy (non-hydrogen) atoms. The second-order valence-corrected chi connectivity index (χ2v) is 6.27. The number of piperidine rings is 1. The average Bonchev–Trinajstić information content (AvgIpc) is 2.95. The molecule has 0 radical (unpaired) electrons. The predicted octanol–water partition coefficient (Wildman–Crippen LogP) is 3.11. The molecule has 4 nitrogen and oxygen atoms in total. The molecule has 2 aromatic rings. The van der Waals surface area contributed by atoms with Crippen LogP contribution in [0.5, 0.6) is 0 Å². The fraction of sp³-hybridized carbons (Fsp3) is 0.412. The summed E-state index contributed by atoms with van der Waals surface area (Å²) in [6.45, 7) is 8.49. The lowest BCUT2D eigenvalue weighted by Gasteiger charge is -2.33. The lowest BCUT2D eigenvalue weighted by atomic mass is 9.96. The number of aromatic amines is 1. The van der Waals surface area contributed by atoms with Crippen LogP contribution in [0.2, 0.25) is 0 Å². The summed E-state index contributed by atoms with van der Waals surface area (Å²) in [7, 11) is 0. The van der Waals surface area contributed by atoms with E-state index in [1.165, 1.54) is 5.56 Å². The van der Waals surface area contributed by atoms with E-state index in [1.54, 1.807) is 0 Å². The first-order valence-electron chi connectivity index (χ1n) is 7.77. The third-order valence-corrected chi connectivity index (χ3v) is 4.62. The minimum Gasteiger partial charge on any atom is -0.359 e. The van der Waals surface area contributed by atoms with Crippen LogP contribution < -0.4 is 5.32 Å². The van der Waals surface area contributed by atoms with Crippen molar-refractivity contribution in [1.29, 1.82) is 0 Å². The zero-order valence-electron chi connectivity index (χ0n) is 12.9.